The standard InChI is InChI=1S/C18H21N3O3/c1-12-17(13(2)24-19-12)18(23)21-10-9-20(14(3)22)11-16(21)15-7-5-4-6-8-15/h4-8,16H,9-11H2,1-3H3. The maximum Gasteiger partial charge on any atom is 0.260 e. The van der Waals surface area contributed by atoms with E-state index in [1.54, 1.807) is 25.7 Å². The Morgan fingerprint density at radius 3 is 2.46 bits per heavy atom. The molecule has 0 radical (unpaired) electrons. The lowest BCUT2D eigenvalue weighted by Gasteiger charge is -2.41. The highest BCUT2D eigenvalue weighted by molar-refractivity contribution is 5.96. The van der Waals surface area contributed by atoms with Crippen molar-refractivity contribution in [1.82, 2.24) is 15.0 Å². The molecule has 0 bridgehead atoms. The minimum atomic E-state index is -0.176. The van der Waals surface area contributed by atoms with Crippen molar-refractivity contribution in [2.75, 3.05) is 19.6 Å². The smallest absolute Gasteiger partial charge is 0.260 e. The second-order valence-corrected chi connectivity index (χ2v) is 6.09. The molecule has 0 aliphatic carbocycles. The Hall–Kier alpha value is -2.63. The Labute approximate surface area is 141 Å². The SMILES string of the molecule is CC(=O)N1CCN(C(=O)c2c(C)noc2C)C(c2ccccc2)C1. The van der Waals surface area contributed by atoms with Crippen LogP contribution in [-0.4, -0.2) is 46.4 Å². The zero-order valence-corrected chi connectivity index (χ0v) is 14.2. The van der Waals surface area contributed by atoms with Crippen LogP contribution < -0.4 is 0 Å². The number of rotatable bonds is 2. The van der Waals surface area contributed by atoms with E-state index in [0.717, 1.165) is 5.56 Å². The number of hydrogen-bond acceptors (Lipinski definition) is 4. The lowest BCUT2D eigenvalue weighted by molar-refractivity contribution is -0.131. The van der Waals surface area contributed by atoms with Crippen LogP contribution in [0.15, 0.2) is 34.9 Å². The molecular weight excluding hydrogens is 306 g/mol. The van der Waals surface area contributed by atoms with Crippen molar-refractivity contribution in [3.05, 3.63) is 52.9 Å². The molecule has 2 amide bonds. The first kappa shape index (κ1) is 16.2. The van der Waals surface area contributed by atoms with E-state index in [9.17, 15) is 9.59 Å². The first-order chi connectivity index (χ1) is 11.5. The van der Waals surface area contributed by atoms with Gasteiger partial charge in [0.15, 0.2) is 0 Å². The summed E-state index contributed by atoms with van der Waals surface area (Å²) >= 11 is 0. The number of aryl methyl sites for hydroxylation is 2. The molecule has 6 heteroatoms. The third-order valence-corrected chi connectivity index (χ3v) is 4.52. The van der Waals surface area contributed by atoms with Gasteiger partial charge in [0, 0.05) is 26.6 Å². The van der Waals surface area contributed by atoms with Gasteiger partial charge in [-0.3, -0.25) is 9.59 Å². The second kappa shape index (κ2) is 6.47. The van der Waals surface area contributed by atoms with E-state index in [1.165, 1.54) is 0 Å². The fourth-order valence-electron chi connectivity index (χ4n) is 3.20. The van der Waals surface area contributed by atoms with Gasteiger partial charge in [-0.2, -0.15) is 0 Å². The number of piperazine rings is 1. The summed E-state index contributed by atoms with van der Waals surface area (Å²) in [6.07, 6.45) is 0. The third kappa shape index (κ3) is 2.91. The number of benzene rings is 1. The zero-order valence-electron chi connectivity index (χ0n) is 14.2. The molecule has 3 rings (SSSR count). The van der Waals surface area contributed by atoms with E-state index in [1.807, 2.05) is 35.2 Å². The van der Waals surface area contributed by atoms with E-state index in [-0.39, 0.29) is 17.9 Å². The molecule has 126 valence electrons. The quantitative estimate of drug-likeness (QED) is 0.849. The van der Waals surface area contributed by atoms with Gasteiger partial charge in [-0.25, -0.2) is 0 Å². The number of carbonyl (C=O) groups is 2. The van der Waals surface area contributed by atoms with Crippen LogP contribution in [0.2, 0.25) is 0 Å². The molecule has 0 saturated carbocycles. The fourth-order valence-corrected chi connectivity index (χ4v) is 3.20. The Morgan fingerprint density at radius 2 is 1.88 bits per heavy atom. The van der Waals surface area contributed by atoms with Crippen LogP contribution in [0.4, 0.5) is 0 Å². The van der Waals surface area contributed by atoms with E-state index in [0.29, 0.717) is 36.7 Å². The zero-order chi connectivity index (χ0) is 17.3. The molecule has 1 aromatic heterocycles. The molecule has 1 aromatic carbocycles. The molecule has 2 aromatic rings. The fraction of sp³-hybridized carbons (Fsp3) is 0.389. The summed E-state index contributed by atoms with van der Waals surface area (Å²) in [5, 5.41) is 3.89. The molecule has 0 N–H and O–H groups in total. The van der Waals surface area contributed by atoms with Crippen molar-refractivity contribution in [3.63, 3.8) is 0 Å². The van der Waals surface area contributed by atoms with Crippen LogP contribution in [0.25, 0.3) is 0 Å². The van der Waals surface area contributed by atoms with Crippen molar-refractivity contribution >= 4 is 11.8 Å². The van der Waals surface area contributed by atoms with Gasteiger partial charge in [0.05, 0.1) is 11.7 Å². The molecule has 6 nitrogen and oxygen atoms in total. The first-order valence-electron chi connectivity index (χ1n) is 8.03. The van der Waals surface area contributed by atoms with Gasteiger partial charge in [-0.1, -0.05) is 35.5 Å². The monoisotopic (exact) mass is 327 g/mol. The summed E-state index contributed by atoms with van der Waals surface area (Å²) in [5.41, 5.74) is 2.13. The van der Waals surface area contributed by atoms with Gasteiger partial charge in [0.25, 0.3) is 5.91 Å². The van der Waals surface area contributed by atoms with Crippen molar-refractivity contribution in [1.29, 1.82) is 0 Å². The van der Waals surface area contributed by atoms with Gasteiger partial charge < -0.3 is 14.3 Å². The molecule has 1 unspecified atom stereocenters. The average Bonchev–Trinajstić information content (AvgIpc) is 2.93. The molecular formula is C18H21N3O3. The molecule has 1 saturated heterocycles. The number of amides is 2. The summed E-state index contributed by atoms with van der Waals surface area (Å²) in [6.45, 7) is 6.60. The summed E-state index contributed by atoms with van der Waals surface area (Å²) in [6, 6.07) is 9.63. The van der Waals surface area contributed by atoms with Crippen molar-refractivity contribution in [2.45, 2.75) is 26.8 Å². The van der Waals surface area contributed by atoms with E-state index < -0.39 is 0 Å². The van der Waals surface area contributed by atoms with Gasteiger partial charge in [0.1, 0.15) is 11.3 Å². The number of hydrogen-bond donors (Lipinski definition) is 0. The third-order valence-electron chi connectivity index (χ3n) is 4.52. The number of aromatic nitrogens is 1. The van der Waals surface area contributed by atoms with Crippen molar-refractivity contribution in [3.8, 4) is 0 Å². The first-order valence-corrected chi connectivity index (χ1v) is 8.03. The topological polar surface area (TPSA) is 66.7 Å². The molecule has 1 atom stereocenters. The molecule has 24 heavy (non-hydrogen) atoms. The van der Waals surface area contributed by atoms with Gasteiger partial charge in [-0.05, 0) is 19.4 Å². The molecule has 1 aliphatic rings. The van der Waals surface area contributed by atoms with Crippen molar-refractivity contribution in [2.24, 2.45) is 0 Å². The molecule has 1 aliphatic heterocycles. The highest BCUT2D eigenvalue weighted by atomic mass is 16.5. The van der Waals surface area contributed by atoms with Crippen LogP contribution in [-0.2, 0) is 4.79 Å². The van der Waals surface area contributed by atoms with E-state index in [4.69, 9.17) is 4.52 Å². The predicted octanol–water partition coefficient (Wildman–Crippen LogP) is 2.34. The van der Waals surface area contributed by atoms with Crippen molar-refractivity contribution < 1.29 is 14.1 Å². The van der Waals surface area contributed by atoms with Crippen LogP contribution in [0.3, 0.4) is 0 Å². The van der Waals surface area contributed by atoms with Crippen LogP contribution >= 0.6 is 0 Å². The summed E-state index contributed by atoms with van der Waals surface area (Å²) in [4.78, 5) is 28.5. The Kier molecular flexibility index (Phi) is 4.38. The van der Waals surface area contributed by atoms with Gasteiger partial charge in [0.2, 0.25) is 5.91 Å². The molecule has 1 fully saturated rings. The largest absolute Gasteiger partial charge is 0.361 e. The van der Waals surface area contributed by atoms with E-state index in [2.05, 4.69) is 5.16 Å². The van der Waals surface area contributed by atoms with E-state index >= 15 is 0 Å². The number of nitrogens with zero attached hydrogens (tertiary/aromatic N) is 3. The predicted molar refractivity (Wildman–Crippen MR) is 88.5 cm³/mol. The highest BCUT2D eigenvalue weighted by Gasteiger charge is 2.35. The maximum atomic E-state index is 13.1. The Bertz CT molecular complexity index is 735. The normalized spacial score (nSPS) is 17.9. The minimum absolute atomic E-state index is 0.0281. The van der Waals surface area contributed by atoms with Gasteiger partial charge in [-0.15, -0.1) is 0 Å². The average molecular weight is 327 g/mol. The highest BCUT2D eigenvalue weighted by Crippen LogP contribution is 2.28. The molecule has 2 heterocycles. The summed E-state index contributed by atoms with van der Waals surface area (Å²) < 4.78 is 5.15. The second-order valence-electron chi connectivity index (χ2n) is 6.09. The lowest BCUT2D eigenvalue weighted by Crippen LogP contribution is -2.52. The minimum Gasteiger partial charge on any atom is -0.361 e. The summed E-state index contributed by atoms with van der Waals surface area (Å²) in [7, 11) is 0. The van der Waals surface area contributed by atoms with Crippen LogP contribution in [0.1, 0.15) is 40.3 Å². The molecule has 0 spiro atoms. The maximum absolute atomic E-state index is 13.1. The van der Waals surface area contributed by atoms with Gasteiger partial charge >= 0.3 is 0 Å². The number of carbonyl (C=O) groups excluding carboxylic acids is 2. The Morgan fingerprint density at radius 1 is 1.17 bits per heavy atom. The Balaban J connectivity index is 1.95. The lowest BCUT2D eigenvalue weighted by atomic mass is 10.0. The van der Waals surface area contributed by atoms with Crippen LogP contribution in [0.5, 0.6) is 0 Å². The van der Waals surface area contributed by atoms with Crippen LogP contribution in [0, 0.1) is 13.8 Å². The summed E-state index contributed by atoms with van der Waals surface area (Å²) in [5.74, 6) is 0.460.